The van der Waals surface area contributed by atoms with Crippen molar-refractivity contribution in [2.24, 2.45) is 0 Å². The van der Waals surface area contributed by atoms with Crippen molar-refractivity contribution >= 4 is 9.84 Å². The molecule has 8 nitrogen and oxygen atoms in total. The van der Waals surface area contributed by atoms with Crippen LogP contribution in [0, 0.1) is 6.92 Å². The van der Waals surface area contributed by atoms with E-state index in [1.165, 1.54) is 0 Å². The molecule has 1 atom stereocenters. The van der Waals surface area contributed by atoms with Crippen LogP contribution in [0.25, 0.3) is 11.5 Å². The van der Waals surface area contributed by atoms with E-state index in [-0.39, 0.29) is 18.1 Å². The van der Waals surface area contributed by atoms with Gasteiger partial charge in [-0.15, -0.1) is 0 Å². The number of nitrogens with zero attached hydrogens (tertiary/aromatic N) is 2. The number of oxazole rings is 1. The Labute approximate surface area is 171 Å². The molecule has 0 amide bonds. The van der Waals surface area contributed by atoms with Crippen LogP contribution in [0.2, 0.25) is 0 Å². The molecule has 2 aromatic rings. The van der Waals surface area contributed by atoms with Gasteiger partial charge in [-0.05, 0) is 32.4 Å². The normalized spacial score (nSPS) is 20.9. The third-order valence-electron chi connectivity index (χ3n) is 5.48. The van der Waals surface area contributed by atoms with Gasteiger partial charge in [0.1, 0.15) is 5.76 Å². The molecule has 29 heavy (non-hydrogen) atoms. The van der Waals surface area contributed by atoms with E-state index in [9.17, 15) is 13.5 Å². The van der Waals surface area contributed by atoms with Crippen LogP contribution in [0.3, 0.4) is 0 Å². The maximum Gasteiger partial charge on any atom is 0.230 e. The van der Waals surface area contributed by atoms with Gasteiger partial charge < -0.3 is 19.0 Å². The first-order valence-electron chi connectivity index (χ1n) is 9.47. The molecular weight excluding hydrogens is 396 g/mol. The topological polar surface area (TPSA) is 102 Å². The van der Waals surface area contributed by atoms with E-state index in [0.717, 1.165) is 0 Å². The highest BCUT2D eigenvalue weighted by atomic mass is 32.2. The molecular formula is C20H28N2O6S. The minimum Gasteiger partial charge on any atom is -0.493 e. The zero-order valence-electron chi connectivity index (χ0n) is 17.3. The zero-order chi connectivity index (χ0) is 21.2. The van der Waals surface area contributed by atoms with E-state index >= 15 is 0 Å². The molecule has 1 fully saturated rings. The fourth-order valence-electron chi connectivity index (χ4n) is 3.83. The predicted octanol–water partition coefficient (Wildman–Crippen LogP) is 2.04. The van der Waals surface area contributed by atoms with Gasteiger partial charge in [0.2, 0.25) is 5.89 Å². The maximum absolute atomic E-state index is 12.0. The SMILES string of the molecule is COc1cccc(-c2nc(CN(CCO)[C@]3(C)CCS(=O)(=O)C3)c(C)o2)c1OC. The monoisotopic (exact) mass is 424 g/mol. The summed E-state index contributed by atoms with van der Waals surface area (Å²) in [7, 11) is 0.0527. The van der Waals surface area contributed by atoms with Gasteiger partial charge >= 0.3 is 0 Å². The average molecular weight is 425 g/mol. The van der Waals surface area contributed by atoms with Crippen LogP contribution in [-0.4, -0.2) is 67.8 Å². The minimum absolute atomic E-state index is 0.0664. The molecule has 1 aliphatic rings. The fourth-order valence-corrected chi connectivity index (χ4v) is 6.00. The number of aromatic nitrogens is 1. The third kappa shape index (κ3) is 4.41. The Bertz CT molecular complexity index is 971. The van der Waals surface area contributed by atoms with Crippen LogP contribution in [0.4, 0.5) is 0 Å². The lowest BCUT2D eigenvalue weighted by molar-refractivity contribution is 0.0884. The van der Waals surface area contributed by atoms with E-state index in [0.29, 0.717) is 53.9 Å². The summed E-state index contributed by atoms with van der Waals surface area (Å²) in [5.41, 5.74) is 0.828. The van der Waals surface area contributed by atoms with Gasteiger partial charge in [-0.2, -0.15) is 0 Å². The maximum atomic E-state index is 12.0. The summed E-state index contributed by atoms with van der Waals surface area (Å²) in [6.45, 7) is 4.42. The van der Waals surface area contributed by atoms with Gasteiger partial charge in [0.15, 0.2) is 21.3 Å². The lowest BCUT2D eigenvalue weighted by Crippen LogP contribution is -2.48. The quantitative estimate of drug-likeness (QED) is 0.687. The molecule has 3 rings (SSSR count). The summed E-state index contributed by atoms with van der Waals surface area (Å²) >= 11 is 0. The second-order valence-corrected chi connectivity index (χ2v) is 9.73. The Morgan fingerprint density at radius 1 is 1.31 bits per heavy atom. The molecule has 1 aliphatic heterocycles. The van der Waals surface area contributed by atoms with E-state index in [1.807, 2.05) is 30.9 Å². The number of hydrogen-bond donors (Lipinski definition) is 1. The molecule has 2 heterocycles. The number of aryl methyl sites for hydroxylation is 1. The van der Waals surface area contributed by atoms with Crippen molar-refractivity contribution in [2.45, 2.75) is 32.4 Å². The third-order valence-corrected chi connectivity index (χ3v) is 7.37. The van der Waals surface area contributed by atoms with Gasteiger partial charge in [-0.25, -0.2) is 13.4 Å². The molecule has 160 valence electrons. The van der Waals surface area contributed by atoms with Crippen LogP contribution in [0.5, 0.6) is 11.5 Å². The van der Waals surface area contributed by atoms with E-state index < -0.39 is 15.4 Å². The summed E-state index contributed by atoms with van der Waals surface area (Å²) in [6.07, 6.45) is 0.531. The van der Waals surface area contributed by atoms with Crippen molar-refractivity contribution in [1.29, 1.82) is 0 Å². The second kappa shape index (κ2) is 8.33. The predicted molar refractivity (Wildman–Crippen MR) is 109 cm³/mol. The lowest BCUT2D eigenvalue weighted by atomic mass is 9.99. The van der Waals surface area contributed by atoms with Crippen molar-refractivity contribution in [3.05, 3.63) is 29.7 Å². The number of para-hydroxylation sites is 1. The number of hydrogen-bond acceptors (Lipinski definition) is 8. The van der Waals surface area contributed by atoms with Crippen molar-refractivity contribution < 1.29 is 27.4 Å². The molecule has 1 saturated heterocycles. The zero-order valence-corrected chi connectivity index (χ0v) is 18.1. The average Bonchev–Trinajstić information content (AvgIpc) is 3.19. The molecule has 0 aliphatic carbocycles. The lowest BCUT2D eigenvalue weighted by Gasteiger charge is -2.36. The van der Waals surface area contributed by atoms with Crippen molar-refractivity contribution in [3.63, 3.8) is 0 Å². The van der Waals surface area contributed by atoms with E-state index in [4.69, 9.17) is 13.9 Å². The fraction of sp³-hybridized carbons (Fsp3) is 0.550. The van der Waals surface area contributed by atoms with Gasteiger partial charge in [0, 0.05) is 18.6 Å². The molecule has 1 aromatic heterocycles. The number of β-amino-alcohol motifs (C(OH)–C–C–N with tert-alkyl or cyclic N) is 1. The van der Waals surface area contributed by atoms with Crippen LogP contribution >= 0.6 is 0 Å². The van der Waals surface area contributed by atoms with Gasteiger partial charge in [0.05, 0.1) is 43.6 Å². The summed E-state index contributed by atoms with van der Waals surface area (Å²) in [6, 6.07) is 5.47. The molecule has 0 spiro atoms. The minimum atomic E-state index is -3.07. The number of aliphatic hydroxyl groups is 1. The largest absolute Gasteiger partial charge is 0.493 e. The highest BCUT2D eigenvalue weighted by Crippen LogP contribution is 2.38. The molecule has 0 bridgehead atoms. The molecule has 0 saturated carbocycles. The van der Waals surface area contributed by atoms with Crippen molar-refractivity contribution in [3.8, 4) is 23.0 Å². The Morgan fingerprint density at radius 3 is 2.66 bits per heavy atom. The van der Waals surface area contributed by atoms with Crippen molar-refractivity contribution in [1.82, 2.24) is 9.88 Å². The van der Waals surface area contributed by atoms with Crippen LogP contribution in [0.15, 0.2) is 22.6 Å². The Balaban J connectivity index is 1.92. The summed E-state index contributed by atoms with van der Waals surface area (Å²) in [5, 5.41) is 9.53. The first kappa shape index (κ1) is 21.6. The standard InChI is InChI=1S/C20H28N2O6S/c1-14-16(12-22(9-10-23)20(2)8-11-29(24,25)13-20)21-19(28-14)15-6-5-7-17(26-3)18(15)27-4/h5-7,23H,8-13H2,1-4H3/t20-/m1/s1. The van der Waals surface area contributed by atoms with Gasteiger partial charge in [-0.1, -0.05) is 6.07 Å². The molecule has 1 N–H and O–H groups in total. The number of sulfone groups is 1. The molecule has 1 aromatic carbocycles. The summed E-state index contributed by atoms with van der Waals surface area (Å²) in [5.74, 6) is 2.39. The van der Waals surface area contributed by atoms with Gasteiger partial charge in [0.25, 0.3) is 0 Å². The van der Waals surface area contributed by atoms with Crippen LogP contribution in [0.1, 0.15) is 24.8 Å². The molecule has 9 heteroatoms. The van der Waals surface area contributed by atoms with Crippen LogP contribution < -0.4 is 9.47 Å². The van der Waals surface area contributed by atoms with Gasteiger partial charge in [-0.3, -0.25) is 4.90 Å². The Hall–Kier alpha value is -2.10. The summed E-state index contributed by atoms with van der Waals surface area (Å²) < 4.78 is 40.8. The number of rotatable bonds is 8. The number of aliphatic hydroxyl groups excluding tert-OH is 1. The first-order chi connectivity index (χ1) is 13.7. The number of methoxy groups -OCH3 is 2. The number of ether oxygens (including phenoxy) is 2. The van der Waals surface area contributed by atoms with Crippen molar-refractivity contribution in [2.75, 3.05) is 38.9 Å². The van der Waals surface area contributed by atoms with E-state index in [2.05, 4.69) is 4.98 Å². The van der Waals surface area contributed by atoms with E-state index in [1.54, 1.807) is 20.3 Å². The smallest absolute Gasteiger partial charge is 0.230 e. The molecule has 0 radical (unpaired) electrons. The molecule has 0 unspecified atom stereocenters. The second-order valence-electron chi connectivity index (χ2n) is 7.55. The Kier molecular flexibility index (Phi) is 6.21. The summed E-state index contributed by atoms with van der Waals surface area (Å²) in [4.78, 5) is 6.63. The van der Waals surface area contributed by atoms with Crippen LogP contribution in [-0.2, 0) is 16.4 Å². The number of benzene rings is 1. The highest BCUT2D eigenvalue weighted by Gasteiger charge is 2.43. The highest BCUT2D eigenvalue weighted by molar-refractivity contribution is 7.91. The Morgan fingerprint density at radius 2 is 2.07 bits per heavy atom. The first-order valence-corrected chi connectivity index (χ1v) is 11.3.